The number of hydrogen-bond acceptors (Lipinski definition) is 2. The van der Waals surface area contributed by atoms with Crippen molar-refractivity contribution in [3.63, 3.8) is 0 Å². The summed E-state index contributed by atoms with van der Waals surface area (Å²) in [6.45, 7) is 5.01. The fraction of sp³-hybridized carbons (Fsp3) is 0.417. The van der Waals surface area contributed by atoms with Crippen molar-refractivity contribution >= 4 is 5.65 Å². The molecule has 0 saturated heterocycles. The Balaban J connectivity index is 2.63. The molecule has 0 aliphatic carbocycles. The molecule has 3 heteroatoms. The molecule has 3 nitrogen and oxygen atoms in total. The highest BCUT2D eigenvalue weighted by Gasteiger charge is 2.13. The number of imidazole rings is 1. The van der Waals surface area contributed by atoms with E-state index >= 15 is 0 Å². The van der Waals surface area contributed by atoms with Gasteiger partial charge in [0.25, 0.3) is 0 Å². The normalized spacial score (nSPS) is 11.5. The fourth-order valence-corrected chi connectivity index (χ4v) is 1.91. The minimum Gasteiger partial charge on any atom is -0.330 e. The molecule has 0 fully saturated rings. The minimum absolute atomic E-state index is 0.450. The lowest BCUT2D eigenvalue weighted by atomic mass is 10.1. The van der Waals surface area contributed by atoms with Gasteiger partial charge in [-0.2, -0.15) is 0 Å². The molecular formula is C12H17N3. The molecule has 0 amide bonds. The average Bonchev–Trinajstić information content (AvgIpc) is 2.58. The Morgan fingerprint density at radius 1 is 1.40 bits per heavy atom. The van der Waals surface area contributed by atoms with Gasteiger partial charge in [-0.1, -0.05) is 19.9 Å². The molecule has 2 rings (SSSR count). The molecule has 0 aromatic carbocycles. The Morgan fingerprint density at radius 2 is 2.20 bits per heavy atom. The van der Waals surface area contributed by atoms with E-state index in [0.29, 0.717) is 12.5 Å². The van der Waals surface area contributed by atoms with Gasteiger partial charge in [0.2, 0.25) is 0 Å². The first-order valence-electron chi connectivity index (χ1n) is 5.40. The van der Waals surface area contributed by atoms with Crippen LogP contribution in [0.3, 0.4) is 0 Å². The third-order valence-corrected chi connectivity index (χ3v) is 2.59. The number of aromatic nitrogens is 2. The van der Waals surface area contributed by atoms with Crippen LogP contribution in [0, 0.1) is 0 Å². The Morgan fingerprint density at radius 3 is 2.87 bits per heavy atom. The zero-order valence-corrected chi connectivity index (χ0v) is 9.27. The van der Waals surface area contributed by atoms with E-state index in [1.807, 2.05) is 18.2 Å². The van der Waals surface area contributed by atoms with Crippen molar-refractivity contribution in [2.45, 2.75) is 26.2 Å². The first kappa shape index (κ1) is 10.2. The highest BCUT2D eigenvalue weighted by Crippen LogP contribution is 2.20. The molecule has 0 spiro atoms. The summed E-state index contributed by atoms with van der Waals surface area (Å²) in [7, 11) is 0. The smallest absolute Gasteiger partial charge is 0.137 e. The number of hydrogen-bond donors (Lipinski definition) is 1. The third-order valence-electron chi connectivity index (χ3n) is 2.59. The summed E-state index contributed by atoms with van der Waals surface area (Å²) in [5.41, 5.74) is 9.08. The predicted octanol–water partition coefficient (Wildman–Crippen LogP) is 1.96. The van der Waals surface area contributed by atoms with Crippen LogP contribution in [0.15, 0.2) is 24.4 Å². The van der Waals surface area contributed by atoms with Crippen LogP contribution in [0.5, 0.6) is 0 Å². The summed E-state index contributed by atoms with van der Waals surface area (Å²) in [5.74, 6) is 0.450. The second-order valence-corrected chi connectivity index (χ2v) is 4.07. The molecule has 0 aliphatic heterocycles. The van der Waals surface area contributed by atoms with Gasteiger partial charge in [-0.3, -0.25) is 0 Å². The van der Waals surface area contributed by atoms with E-state index in [9.17, 15) is 0 Å². The molecule has 2 heterocycles. The van der Waals surface area contributed by atoms with Gasteiger partial charge >= 0.3 is 0 Å². The molecule has 0 aliphatic rings. The monoisotopic (exact) mass is 203 g/mol. The highest BCUT2D eigenvalue weighted by molar-refractivity contribution is 5.44. The maximum Gasteiger partial charge on any atom is 0.137 e. The van der Waals surface area contributed by atoms with Crippen LogP contribution in [0.1, 0.15) is 31.2 Å². The van der Waals surface area contributed by atoms with E-state index in [1.165, 1.54) is 11.4 Å². The lowest BCUT2D eigenvalue weighted by Gasteiger charge is -2.05. The largest absolute Gasteiger partial charge is 0.330 e. The topological polar surface area (TPSA) is 43.3 Å². The molecule has 2 aromatic heterocycles. The van der Waals surface area contributed by atoms with Crippen LogP contribution < -0.4 is 5.73 Å². The Labute approximate surface area is 89.9 Å². The van der Waals surface area contributed by atoms with Gasteiger partial charge in [0.05, 0.1) is 5.69 Å². The summed E-state index contributed by atoms with van der Waals surface area (Å²) in [5, 5.41) is 0. The molecule has 0 unspecified atom stereocenters. The Bertz CT molecular complexity index is 457. The van der Waals surface area contributed by atoms with E-state index in [2.05, 4.69) is 29.4 Å². The van der Waals surface area contributed by atoms with E-state index < -0.39 is 0 Å². The number of nitrogens with two attached hydrogens (primary N) is 1. The minimum atomic E-state index is 0.450. The van der Waals surface area contributed by atoms with Crippen molar-refractivity contribution in [1.82, 2.24) is 9.38 Å². The first-order valence-corrected chi connectivity index (χ1v) is 5.40. The van der Waals surface area contributed by atoms with Crippen molar-refractivity contribution in [3.8, 4) is 0 Å². The van der Waals surface area contributed by atoms with E-state index in [-0.39, 0.29) is 0 Å². The number of rotatable bonds is 3. The summed E-state index contributed by atoms with van der Waals surface area (Å²) < 4.78 is 2.14. The molecule has 0 atom stereocenters. The van der Waals surface area contributed by atoms with Crippen LogP contribution in [-0.4, -0.2) is 15.9 Å². The van der Waals surface area contributed by atoms with Gasteiger partial charge < -0.3 is 10.1 Å². The van der Waals surface area contributed by atoms with Crippen LogP contribution in [-0.2, 0) is 6.42 Å². The number of fused-ring (bicyclic) bond motifs is 1. The fourth-order valence-electron chi connectivity index (χ4n) is 1.91. The zero-order valence-electron chi connectivity index (χ0n) is 9.27. The molecular weight excluding hydrogens is 186 g/mol. The lowest BCUT2D eigenvalue weighted by Crippen LogP contribution is -2.07. The maximum absolute atomic E-state index is 5.64. The van der Waals surface area contributed by atoms with Gasteiger partial charge in [-0.05, 0) is 24.6 Å². The van der Waals surface area contributed by atoms with E-state index in [4.69, 9.17) is 5.73 Å². The number of pyridine rings is 1. The highest BCUT2D eigenvalue weighted by atomic mass is 15.0. The van der Waals surface area contributed by atoms with Gasteiger partial charge in [0.15, 0.2) is 0 Å². The van der Waals surface area contributed by atoms with E-state index in [1.54, 1.807) is 0 Å². The van der Waals surface area contributed by atoms with Crippen molar-refractivity contribution < 1.29 is 0 Å². The summed E-state index contributed by atoms with van der Waals surface area (Å²) in [6.07, 6.45) is 2.94. The van der Waals surface area contributed by atoms with Crippen LogP contribution in [0.4, 0.5) is 0 Å². The molecule has 2 N–H and O–H groups in total. The standard InChI is InChI=1S/C12H17N3/c1-9(2)12-10(6-7-13)15-8-4-3-5-11(15)14-12/h3-5,8-9H,6-7,13H2,1-2H3. The van der Waals surface area contributed by atoms with Gasteiger partial charge in [-0.15, -0.1) is 0 Å². The first-order chi connectivity index (χ1) is 7.24. The zero-order chi connectivity index (χ0) is 10.8. The quantitative estimate of drug-likeness (QED) is 0.828. The van der Waals surface area contributed by atoms with E-state index in [0.717, 1.165) is 12.1 Å². The Hall–Kier alpha value is -1.35. The molecule has 0 bridgehead atoms. The van der Waals surface area contributed by atoms with Crippen molar-refractivity contribution in [3.05, 3.63) is 35.8 Å². The molecule has 0 radical (unpaired) electrons. The summed E-state index contributed by atoms with van der Waals surface area (Å²) in [6, 6.07) is 6.07. The van der Waals surface area contributed by atoms with Crippen molar-refractivity contribution in [2.24, 2.45) is 5.73 Å². The summed E-state index contributed by atoms with van der Waals surface area (Å²) >= 11 is 0. The molecule has 2 aromatic rings. The average molecular weight is 203 g/mol. The van der Waals surface area contributed by atoms with Crippen LogP contribution >= 0.6 is 0 Å². The second-order valence-electron chi connectivity index (χ2n) is 4.07. The number of nitrogens with zero attached hydrogens (tertiary/aromatic N) is 2. The van der Waals surface area contributed by atoms with Crippen LogP contribution in [0.2, 0.25) is 0 Å². The third kappa shape index (κ3) is 1.75. The van der Waals surface area contributed by atoms with Crippen molar-refractivity contribution in [2.75, 3.05) is 6.54 Å². The van der Waals surface area contributed by atoms with Crippen LogP contribution in [0.25, 0.3) is 5.65 Å². The van der Waals surface area contributed by atoms with Crippen molar-refractivity contribution in [1.29, 1.82) is 0 Å². The summed E-state index contributed by atoms with van der Waals surface area (Å²) in [4.78, 5) is 4.64. The van der Waals surface area contributed by atoms with Gasteiger partial charge in [-0.25, -0.2) is 4.98 Å². The molecule has 0 saturated carbocycles. The Kier molecular flexibility index (Phi) is 2.73. The van der Waals surface area contributed by atoms with Gasteiger partial charge in [0, 0.05) is 18.3 Å². The SMILES string of the molecule is CC(C)c1nc2ccccn2c1CCN. The second kappa shape index (κ2) is 4.03. The maximum atomic E-state index is 5.64. The predicted molar refractivity (Wildman–Crippen MR) is 62.0 cm³/mol. The molecule has 15 heavy (non-hydrogen) atoms. The molecule has 80 valence electrons. The lowest BCUT2D eigenvalue weighted by molar-refractivity contribution is 0.791. The van der Waals surface area contributed by atoms with Gasteiger partial charge in [0.1, 0.15) is 5.65 Å².